The van der Waals surface area contributed by atoms with E-state index in [0.29, 0.717) is 0 Å². The molecule has 1 aromatic heterocycles. The van der Waals surface area contributed by atoms with Gasteiger partial charge in [0, 0.05) is 16.4 Å². The highest BCUT2D eigenvalue weighted by Crippen LogP contribution is 2.29. The zero-order valence-corrected chi connectivity index (χ0v) is 12.6. The summed E-state index contributed by atoms with van der Waals surface area (Å²) in [4.78, 5) is 8.14. The van der Waals surface area contributed by atoms with Gasteiger partial charge in [-0.2, -0.15) is 0 Å². The van der Waals surface area contributed by atoms with Crippen molar-refractivity contribution >= 4 is 43.4 Å². The summed E-state index contributed by atoms with van der Waals surface area (Å²) >= 11 is 6.90. The van der Waals surface area contributed by atoms with Gasteiger partial charge in [-0.1, -0.05) is 15.9 Å². The van der Waals surface area contributed by atoms with Crippen LogP contribution < -0.4 is 5.32 Å². The lowest BCUT2D eigenvalue weighted by molar-refractivity contribution is 1.15. The van der Waals surface area contributed by atoms with Gasteiger partial charge >= 0.3 is 0 Å². The normalized spacial score (nSPS) is 10.4. The van der Waals surface area contributed by atoms with Crippen LogP contribution in [0.4, 0.5) is 11.5 Å². The van der Waals surface area contributed by atoms with Gasteiger partial charge in [0.05, 0.1) is 4.47 Å². The molecule has 1 N–H and O–H groups in total. The van der Waals surface area contributed by atoms with E-state index < -0.39 is 0 Å². The summed E-state index contributed by atoms with van der Waals surface area (Å²) in [6, 6.07) is 4.15. The highest BCUT2D eigenvalue weighted by molar-refractivity contribution is 9.10. The number of halogens is 2. The second-order valence-electron chi connectivity index (χ2n) is 3.76. The van der Waals surface area contributed by atoms with Crippen LogP contribution in [0.2, 0.25) is 0 Å². The Bertz CT molecular complexity index is 532. The van der Waals surface area contributed by atoms with Gasteiger partial charge in [0.1, 0.15) is 12.1 Å². The molecule has 88 valence electrons. The maximum Gasteiger partial charge on any atom is 0.148 e. The Morgan fingerprint density at radius 1 is 1.12 bits per heavy atom. The van der Waals surface area contributed by atoms with Crippen LogP contribution in [-0.4, -0.2) is 9.97 Å². The van der Waals surface area contributed by atoms with Crippen molar-refractivity contribution in [3.05, 3.63) is 44.7 Å². The molecule has 0 saturated heterocycles. The van der Waals surface area contributed by atoms with Gasteiger partial charge in [-0.3, -0.25) is 0 Å². The lowest BCUT2D eigenvalue weighted by Crippen LogP contribution is -1.99. The summed E-state index contributed by atoms with van der Waals surface area (Å²) in [5.41, 5.74) is 3.41. The first-order valence-corrected chi connectivity index (χ1v) is 6.66. The van der Waals surface area contributed by atoms with Crippen LogP contribution in [0.1, 0.15) is 11.1 Å². The summed E-state index contributed by atoms with van der Waals surface area (Å²) < 4.78 is 1.93. The Morgan fingerprint density at radius 3 is 2.35 bits per heavy atom. The minimum absolute atomic E-state index is 0.772. The second kappa shape index (κ2) is 5.14. The molecule has 0 aliphatic carbocycles. The third-order valence-corrected chi connectivity index (χ3v) is 3.45. The van der Waals surface area contributed by atoms with Gasteiger partial charge in [-0.25, -0.2) is 9.97 Å². The summed E-state index contributed by atoms with van der Waals surface area (Å²) in [6.07, 6.45) is 3.25. The van der Waals surface area contributed by atoms with Crippen molar-refractivity contribution < 1.29 is 0 Å². The lowest BCUT2D eigenvalue weighted by atomic mass is 10.1. The number of aromatic nitrogens is 2. The highest BCUT2D eigenvalue weighted by atomic mass is 79.9. The maximum atomic E-state index is 4.20. The first-order chi connectivity index (χ1) is 8.08. The third-order valence-electron chi connectivity index (χ3n) is 2.41. The van der Waals surface area contributed by atoms with E-state index in [1.807, 2.05) is 0 Å². The molecule has 1 heterocycles. The molecule has 0 radical (unpaired) electrons. The average Bonchev–Trinajstić information content (AvgIpc) is 2.25. The van der Waals surface area contributed by atoms with Crippen molar-refractivity contribution in [2.75, 3.05) is 5.32 Å². The van der Waals surface area contributed by atoms with Gasteiger partial charge in [-0.05, 0) is 53.0 Å². The molecule has 2 rings (SSSR count). The molecule has 0 atom stereocenters. The van der Waals surface area contributed by atoms with Gasteiger partial charge in [0.15, 0.2) is 0 Å². The zero-order valence-electron chi connectivity index (χ0n) is 9.46. The summed E-state index contributed by atoms with van der Waals surface area (Å²) in [6.45, 7) is 4.13. The van der Waals surface area contributed by atoms with E-state index in [1.165, 1.54) is 17.5 Å². The van der Waals surface area contributed by atoms with Crippen molar-refractivity contribution in [3.63, 3.8) is 0 Å². The van der Waals surface area contributed by atoms with Crippen LogP contribution in [0.15, 0.2) is 33.6 Å². The molecule has 3 nitrogen and oxygen atoms in total. The van der Waals surface area contributed by atoms with Crippen LogP contribution in [0.25, 0.3) is 0 Å². The highest BCUT2D eigenvalue weighted by Gasteiger charge is 2.07. The predicted octanol–water partition coefficient (Wildman–Crippen LogP) is 4.36. The molecule has 0 fully saturated rings. The fraction of sp³-hybridized carbons (Fsp3) is 0.167. The Hall–Kier alpha value is -0.940. The molecule has 0 aliphatic rings. The number of hydrogen-bond acceptors (Lipinski definition) is 3. The van der Waals surface area contributed by atoms with Crippen molar-refractivity contribution in [3.8, 4) is 0 Å². The van der Waals surface area contributed by atoms with Crippen LogP contribution >= 0.6 is 31.9 Å². The summed E-state index contributed by atoms with van der Waals surface area (Å²) in [5, 5.41) is 3.32. The average molecular weight is 357 g/mol. The number of aryl methyl sites for hydroxylation is 2. The molecule has 0 unspecified atom stereocenters. The molecule has 1 aromatic carbocycles. The Balaban J connectivity index is 2.40. The SMILES string of the molecule is Cc1cc(Br)cc(C)c1Nc1ncncc1Br. The minimum atomic E-state index is 0.772. The standard InChI is InChI=1S/C12H11Br2N3/c1-7-3-9(13)4-8(2)11(7)17-12-10(14)5-15-6-16-12/h3-6H,1-2H3,(H,15,16,17). The van der Waals surface area contributed by atoms with Gasteiger partial charge in [-0.15, -0.1) is 0 Å². The van der Waals surface area contributed by atoms with Crippen molar-refractivity contribution in [2.45, 2.75) is 13.8 Å². The van der Waals surface area contributed by atoms with Crippen LogP contribution in [0.5, 0.6) is 0 Å². The smallest absolute Gasteiger partial charge is 0.148 e. The fourth-order valence-corrected chi connectivity index (χ4v) is 2.64. The second-order valence-corrected chi connectivity index (χ2v) is 5.53. The van der Waals surface area contributed by atoms with Crippen molar-refractivity contribution in [1.82, 2.24) is 9.97 Å². The first kappa shape index (κ1) is 12.5. The monoisotopic (exact) mass is 355 g/mol. The Labute approximate surface area is 117 Å². The molecule has 0 aliphatic heterocycles. The number of nitrogens with zero attached hydrogens (tertiary/aromatic N) is 2. The van der Waals surface area contributed by atoms with Crippen LogP contribution in [0, 0.1) is 13.8 Å². The van der Waals surface area contributed by atoms with E-state index in [2.05, 4.69) is 73.1 Å². The maximum absolute atomic E-state index is 4.20. The Kier molecular flexibility index (Phi) is 3.79. The van der Waals surface area contributed by atoms with E-state index in [0.717, 1.165) is 20.5 Å². The molecule has 0 bridgehead atoms. The largest absolute Gasteiger partial charge is 0.339 e. The number of rotatable bonds is 2. The van der Waals surface area contributed by atoms with E-state index in [9.17, 15) is 0 Å². The number of hydrogen-bond donors (Lipinski definition) is 1. The van der Waals surface area contributed by atoms with Crippen LogP contribution in [-0.2, 0) is 0 Å². The zero-order chi connectivity index (χ0) is 12.4. The van der Waals surface area contributed by atoms with E-state index >= 15 is 0 Å². The summed E-state index contributed by atoms with van der Waals surface area (Å²) in [5.74, 6) is 0.772. The fourth-order valence-electron chi connectivity index (χ4n) is 1.63. The summed E-state index contributed by atoms with van der Waals surface area (Å²) in [7, 11) is 0. The molecular formula is C12H11Br2N3. The quantitative estimate of drug-likeness (QED) is 0.868. The van der Waals surface area contributed by atoms with Gasteiger partial charge < -0.3 is 5.32 Å². The Morgan fingerprint density at radius 2 is 1.76 bits per heavy atom. The van der Waals surface area contributed by atoms with E-state index in [4.69, 9.17) is 0 Å². The molecule has 2 aromatic rings. The van der Waals surface area contributed by atoms with Gasteiger partial charge in [0.2, 0.25) is 0 Å². The van der Waals surface area contributed by atoms with Crippen molar-refractivity contribution in [2.24, 2.45) is 0 Å². The number of nitrogens with one attached hydrogen (secondary N) is 1. The van der Waals surface area contributed by atoms with Crippen LogP contribution in [0.3, 0.4) is 0 Å². The lowest BCUT2D eigenvalue weighted by Gasteiger charge is -2.13. The molecule has 5 heteroatoms. The molecule has 0 amide bonds. The predicted molar refractivity (Wildman–Crippen MR) is 76.6 cm³/mol. The number of benzene rings is 1. The third kappa shape index (κ3) is 2.84. The molecular weight excluding hydrogens is 346 g/mol. The first-order valence-electron chi connectivity index (χ1n) is 5.07. The molecule has 0 saturated carbocycles. The molecule has 17 heavy (non-hydrogen) atoms. The topological polar surface area (TPSA) is 37.8 Å². The number of anilines is 2. The van der Waals surface area contributed by atoms with Crippen molar-refractivity contribution in [1.29, 1.82) is 0 Å². The minimum Gasteiger partial charge on any atom is -0.339 e. The molecule has 0 spiro atoms. The van der Waals surface area contributed by atoms with E-state index in [-0.39, 0.29) is 0 Å². The van der Waals surface area contributed by atoms with Gasteiger partial charge in [0.25, 0.3) is 0 Å². The van der Waals surface area contributed by atoms with E-state index in [1.54, 1.807) is 6.20 Å².